The van der Waals surface area contributed by atoms with Crippen LogP contribution in [0, 0.1) is 0 Å². The fourth-order valence-corrected chi connectivity index (χ4v) is 1.81. The minimum atomic E-state index is -0.592. The smallest absolute Gasteiger partial charge is 0.267 e. The van der Waals surface area contributed by atoms with E-state index in [-0.39, 0.29) is 5.69 Å². The number of hydrogen-bond donors (Lipinski definition) is 2. The Kier molecular flexibility index (Phi) is 3.74. The summed E-state index contributed by atoms with van der Waals surface area (Å²) < 4.78 is 5.18. The van der Waals surface area contributed by atoms with Crippen LogP contribution in [0.3, 0.4) is 0 Å². The number of benzene rings is 1. The first-order chi connectivity index (χ1) is 9.52. The van der Waals surface area contributed by atoms with Crippen LogP contribution in [0.4, 0.5) is 17.2 Å². The van der Waals surface area contributed by atoms with Crippen molar-refractivity contribution in [2.24, 2.45) is 5.73 Å². The van der Waals surface area contributed by atoms with Crippen LogP contribution >= 0.6 is 0 Å². The van der Waals surface area contributed by atoms with E-state index in [4.69, 9.17) is 16.2 Å². The van der Waals surface area contributed by atoms with Gasteiger partial charge in [0.05, 0.1) is 12.8 Å². The molecule has 20 heavy (non-hydrogen) atoms. The van der Waals surface area contributed by atoms with Gasteiger partial charge in [-0.3, -0.25) is 4.79 Å². The Hall–Kier alpha value is -2.76. The van der Waals surface area contributed by atoms with E-state index in [9.17, 15) is 4.79 Å². The largest absolute Gasteiger partial charge is 0.497 e. The molecule has 0 aliphatic heterocycles. The molecular weight excluding hydrogens is 256 g/mol. The molecular formula is C14H16N4O2. The molecule has 1 amide bonds. The van der Waals surface area contributed by atoms with Crippen LogP contribution in [0.15, 0.2) is 36.4 Å². The van der Waals surface area contributed by atoms with Crippen molar-refractivity contribution in [1.82, 2.24) is 4.98 Å². The van der Waals surface area contributed by atoms with Gasteiger partial charge in [-0.25, -0.2) is 4.98 Å². The average Bonchev–Trinajstić information content (AvgIpc) is 2.46. The van der Waals surface area contributed by atoms with Crippen LogP contribution in [0.5, 0.6) is 5.75 Å². The van der Waals surface area contributed by atoms with Gasteiger partial charge in [0.15, 0.2) is 5.82 Å². The number of nitrogen functional groups attached to an aromatic ring is 1. The molecule has 104 valence electrons. The highest BCUT2D eigenvalue weighted by molar-refractivity contribution is 5.92. The molecule has 1 heterocycles. The maximum Gasteiger partial charge on any atom is 0.267 e. The third kappa shape index (κ3) is 2.64. The Morgan fingerprint density at radius 3 is 2.70 bits per heavy atom. The summed E-state index contributed by atoms with van der Waals surface area (Å²) in [5.74, 6) is 0.596. The number of nitrogens with zero attached hydrogens (tertiary/aromatic N) is 2. The van der Waals surface area contributed by atoms with Crippen molar-refractivity contribution >= 4 is 23.1 Å². The van der Waals surface area contributed by atoms with Crippen molar-refractivity contribution in [2.45, 2.75) is 0 Å². The zero-order chi connectivity index (χ0) is 14.7. The summed E-state index contributed by atoms with van der Waals surface area (Å²) in [6.45, 7) is 0. The first-order valence-electron chi connectivity index (χ1n) is 5.97. The number of methoxy groups -OCH3 is 1. The molecule has 4 N–H and O–H groups in total. The van der Waals surface area contributed by atoms with Crippen LogP contribution in [0.25, 0.3) is 0 Å². The molecule has 0 saturated carbocycles. The standard InChI is InChI=1S/C14H16N4O2/c1-18(9-4-3-5-10(8-9)20-2)14-11(15)6-7-12(17-14)13(16)19/h3-8H,15H2,1-2H3,(H2,16,19). The number of rotatable bonds is 4. The summed E-state index contributed by atoms with van der Waals surface area (Å²) in [6.07, 6.45) is 0. The lowest BCUT2D eigenvalue weighted by atomic mass is 10.2. The zero-order valence-electron chi connectivity index (χ0n) is 11.3. The Bertz CT molecular complexity index is 643. The molecule has 6 heteroatoms. The van der Waals surface area contributed by atoms with Gasteiger partial charge in [-0.15, -0.1) is 0 Å². The predicted octanol–water partition coefficient (Wildman–Crippen LogP) is 1.54. The lowest BCUT2D eigenvalue weighted by Crippen LogP contribution is -2.18. The predicted molar refractivity (Wildman–Crippen MR) is 78.2 cm³/mol. The van der Waals surface area contributed by atoms with E-state index in [0.29, 0.717) is 11.5 Å². The summed E-state index contributed by atoms with van der Waals surface area (Å²) in [4.78, 5) is 17.2. The second-order valence-corrected chi connectivity index (χ2v) is 4.23. The van der Waals surface area contributed by atoms with Gasteiger partial charge >= 0.3 is 0 Å². The zero-order valence-corrected chi connectivity index (χ0v) is 11.3. The Morgan fingerprint density at radius 2 is 2.05 bits per heavy atom. The lowest BCUT2D eigenvalue weighted by Gasteiger charge is -2.20. The molecule has 2 aromatic rings. The highest BCUT2D eigenvalue weighted by Crippen LogP contribution is 2.29. The molecule has 0 saturated heterocycles. The molecule has 0 aliphatic rings. The van der Waals surface area contributed by atoms with Crippen LogP contribution in [-0.4, -0.2) is 25.0 Å². The molecule has 0 bridgehead atoms. The van der Waals surface area contributed by atoms with Crippen LogP contribution < -0.4 is 21.1 Å². The Morgan fingerprint density at radius 1 is 1.30 bits per heavy atom. The molecule has 0 aliphatic carbocycles. The number of aromatic nitrogens is 1. The number of anilines is 3. The molecule has 0 unspecified atom stereocenters. The minimum absolute atomic E-state index is 0.170. The number of ether oxygens (including phenoxy) is 1. The van der Waals surface area contributed by atoms with E-state index in [1.165, 1.54) is 6.07 Å². The number of amides is 1. The quantitative estimate of drug-likeness (QED) is 0.880. The third-order valence-corrected chi connectivity index (χ3v) is 2.92. The summed E-state index contributed by atoms with van der Waals surface area (Å²) in [7, 11) is 3.40. The molecule has 0 spiro atoms. The molecule has 2 rings (SSSR count). The van der Waals surface area contributed by atoms with Crippen LogP contribution in [0.1, 0.15) is 10.5 Å². The van der Waals surface area contributed by atoms with E-state index in [0.717, 1.165) is 11.4 Å². The van der Waals surface area contributed by atoms with Gasteiger partial charge in [0.25, 0.3) is 5.91 Å². The molecule has 6 nitrogen and oxygen atoms in total. The third-order valence-electron chi connectivity index (χ3n) is 2.92. The normalized spacial score (nSPS) is 10.1. The summed E-state index contributed by atoms with van der Waals surface area (Å²) in [5.41, 5.74) is 12.6. The van der Waals surface area contributed by atoms with E-state index < -0.39 is 5.91 Å². The fourth-order valence-electron chi connectivity index (χ4n) is 1.81. The van der Waals surface area contributed by atoms with E-state index >= 15 is 0 Å². The Balaban J connectivity index is 2.43. The van der Waals surface area contributed by atoms with Crippen molar-refractivity contribution in [3.63, 3.8) is 0 Å². The second-order valence-electron chi connectivity index (χ2n) is 4.23. The number of primary amides is 1. The van der Waals surface area contributed by atoms with Crippen molar-refractivity contribution < 1.29 is 9.53 Å². The summed E-state index contributed by atoms with van der Waals surface area (Å²) >= 11 is 0. The molecule has 0 radical (unpaired) electrons. The first-order valence-corrected chi connectivity index (χ1v) is 5.97. The van der Waals surface area contributed by atoms with Crippen molar-refractivity contribution in [3.05, 3.63) is 42.1 Å². The summed E-state index contributed by atoms with van der Waals surface area (Å²) in [5, 5.41) is 0. The van der Waals surface area contributed by atoms with Crippen LogP contribution in [0.2, 0.25) is 0 Å². The van der Waals surface area contributed by atoms with Crippen LogP contribution in [-0.2, 0) is 0 Å². The van der Waals surface area contributed by atoms with E-state index in [2.05, 4.69) is 4.98 Å². The van der Waals surface area contributed by atoms with Crippen molar-refractivity contribution in [3.8, 4) is 5.75 Å². The highest BCUT2D eigenvalue weighted by atomic mass is 16.5. The van der Waals surface area contributed by atoms with Gasteiger partial charge in [-0.05, 0) is 24.3 Å². The second kappa shape index (κ2) is 5.48. The number of carbonyl (C=O) groups excluding carboxylic acids is 1. The minimum Gasteiger partial charge on any atom is -0.497 e. The van der Waals surface area contributed by atoms with Crippen molar-refractivity contribution in [1.29, 1.82) is 0 Å². The molecule has 1 aromatic heterocycles. The van der Waals surface area contributed by atoms with Gasteiger partial charge < -0.3 is 21.1 Å². The Labute approximate surface area is 117 Å². The molecule has 0 fully saturated rings. The van der Waals surface area contributed by atoms with Crippen molar-refractivity contribution in [2.75, 3.05) is 24.8 Å². The molecule has 0 atom stereocenters. The van der Waals surface area contributed by atoms with E-state index in [1.807, 2.05) is 24.3 Å². The SMILES string of the molecule is COc1cccc(N(C)c2nc(C(N)=O)ccc2N)c1. The fraction of sp³-hybridized carbons (Fsp3) is 0.143. The van der Waals surface area contributed by atoms with Gasteiger partial charge in [0.1, 0.15) is 11.4 Å². The van der Waals surface area contributed by atoms with Gasteiger partial charge in [-0.1, -0.05) is 6.07 Å². The number of nitrogens with two attached hydrogens (primary N) is 2. The topological polar surface area (TPSA) is 94.5 Å². The number of carbonyl (C=O) groups is 1. The maximum absolute atomic E-state index is 11.2. The maximum atomic E-state index is 11.2. The van der Waals surface area contributed by atoms with Gasteiger partial charge in [-0.2, -0.15) is 0 Å². The van der Waals surface area contributed by atoms with E-state index in [1.54, 1.807) is 25.1 Å². The van der Waals surface area contributed by atoms with Gasteiger partial charge in [0.2, 0.25) is 0 Å². The highest BCUT2D eigenvalue weighted by Gasteiger charge is 2.13. The monoisotopic (exact) mass is 272 g/mol. The number of hydrogen-bond acceptors (Lipinski definition) is 5. The average molecular weight is 272 g/mol. The summed E-state index contributed by atoms with van der Waals surface area (Å²) in [6, 6.07) is 10.5. The van der Waals surface area contributed by atoms with Gasteiger partial charge in [0, 0.05) is 18.8 Å². The number of pyridine rings is 1. The molecule has 1 aromatic carbocycles. The lowest BCUT2D eigenvalue weighted by molar-refractivity contribution is 0.0995. The first kappa shape index (κ1) is 13.7.